The van der Waals surface area contributed by atoms with E-state index in [0.29, 0.717) is 0 Å². The first-order chi connectivity index (χ1) is 8.57. The summed E-state index contributed by atoms with van der Waals surface area (Å²) in [7, 11) is 1.70. The average molecular weight is 249 g/mol. The summed E-state index contributed by atoms with van der Waals surface area (Å²) in [5.41, 5.74) is 1.02. The normalized spacial score (nSPS) is 11.4. The van der Waals surface area contributed by atoms with Gasteiger partial charge in [-0.25, -0.2) is 0 Å². The first kappa shape index (κ1) is 14.7. The predicted molar refractivity (Wildman–Crippen MR) is 72.0 cm³/mol. The van der Waals surface area contributed by atoms with Crippen molar-refractivity contribution in [3.05, 3.63) is 24.0 Å². The number of methoxy groups -OCH3 is 1. The Morgan fingerprint density at radius 2 is 2.28 bits per heavy atom. The van der Waals surface area contributed by atoms with Gasteiger partial charge in [0.05, 0.1) is 18.1 Å². The minimum atomic E-state index is -0.249. The molecule has 1 heterocycles. The van der Waals surface area contributed by atoms with Crippen molar-refractivity contribution in [2.24, 2.45) is 5.41 Å². The summed E-state index contributed by atoms with van der Waals surface area (Å²) in [4.78, 5) is 0. The van der Waals surface area contributed by atoms with Crippen LogP contribution in [0.25, 0.3) is 0 Å². The van der Waals surface area contributed by atoms with Crippen molar-refractivity contribution in [3.8, 4) is 6.07 Å². The Balaban J connectivity index is 2.33. The zero-order valence-electron chi connectivity index (χ0n) is 11.6. The van der Waals surface area contributed by atoms with E-state index in [1.54, 1.807) is 7.11 Å². The molecule has 0 aromatic carbocycles. The standard InChI is InChI=1S/C14H23N3O/c1-14(2,12-15)5-8-17-7-4-13(11-17)10-16-6-9-18-3/h4,7,11,16H,5-6,8-10H2,1-3H3. The Hall–Kier alpha value is -1.31. The van der Waals surface area contributed by atoms with Crippen LogP contribution in [0.3, 0.4) is 0 Å². The molecule has 0 fully saturated rings. The monoisotopic (exact) mass is 249 g/mol. The van der Waals surface area contributed by atoms with E-state index < -0.39 is 0 Å². The molecule has 100 valence electrons. The molecule has 18 heavy (non-hydrogen) atoms. The van der Waals surface area contributed by atoms with Crippen molar-refractivity contribution in [3.63, 3.8) is 0 Å². The van der Waals surface area contributed by atoms with E-state index in [1.807, 2.05) is 13.8 Å². The minimum Gasteiger partial charge on any atom is -0.383 e. The fourth-order valence-corrected chi connectivity index (χ4v) is 1.61. The molecule has 4 nitrogen and oxygen atoms in total. The molecular weight excluding hydrogens is 226 g/mol. The summed E-state index contributed by atoms with van der Waals surface area (Å²) < 4.78 is 7.12. The quantitative estimate of drug-likeness (QED) is 0.718. The van der Waals surface area contributed by atoms with Gasteiger partial charge in [0, 0.05) is 39.1 Å². The summed E-state index contributed by atoms with van der Waals surface area (Å²) >= 11 is 0. The number of aryl methyl sites for hydroxylation is 1. The number of rotatable bonds is 8. The van der Waals surface area contributed by atoms with Crippen LogP contribution in [-0.4, -0.2) is 24.8 Å². The molecule has 0 aliphatic carbocycles. The van der Waals surface area contributed by atoms with Gasteiger partial charge in [-0.15, -0.1) is 0 Å². The van der Waals surface area contributed by atoms with Gasteiger partial charge in [-0.3, -0.25) is 0 Å². The van der Waals surface area contributed by atoms with Crippen molar-refractivity contribution in [2.75, 3.05) is 20.3 Å². The van der Waals surface area contributed by atoms with Crippen molar-refractivity contribution in [2.45, 2.75) is 33.4 Å². The lowest BCUT2D eigenvalue weighted by Crippen LogP contribution is -2.18. The van der Waals surface area contributed by atoms with Crippen LogP contribution in [0.4, 0.5) is 0 Å². The zero-order chi connectivity index (χ0) is 13.4. The molecule has 1 aromatic heterocycles. The highest BCUT2D eigenvalue weighted by Crippen LogP contribution is 2.19. The minimum absolute atomic E-state index is 0.249. The third-order valence-electron chi connectivity index (χ3n) is 2.92. The largest absolute Gasteiger partial charge is 0.383 e. The molecule has 0 bridgehead atoms. The van der Waals surface area contributed by atoms with Crippen LogP contribution >= 0.6 is 0 Å². The van der Waals surface area contributed by atoms with Gasteiger partial charge >= 0.3 is 0 Å². The van der Waals surface area contributed by atoms with Crippen molar-refractivity contribution in [1.29, 1.82) is 5.26 Å². The molecule has 0 amide bonds. The van der Waals surface area contributed by atoms with Crippen LogP contribution in [0.5, 0.6) is 0 Å². The van der Waals surface area contributed by atoms with E-state index in [1.165, 1.54) is 5.56 Å². The Bertz CT molecular complexity index is 390. The number of hydrogen-bond acceptors (Lipinski definition) is 3. The van der Waals surface area contributed by atoms with Crippen molar-refractivity contribution in [1.82, 2.24) is 9.88 Å². The van der Waals surface area contributed by atoms with Gasteiger partial charge in [-0.1, -0.05) is 0 Å². The smallest absolute Gasteiger partial charge is 0.0684 e. The molecule has 0 saturated carbocycles. The lowest BCUT2D eigenvalue weighted by atomic mass is 9.91. The number of hydrogen-bond donors (Lipinski definition) is 1. The number of nitrogens with one attached hydrogen (secondary N) is 1. The molecular formula is C14H23N3O. The number of aromatic nitrogens is 1. The lowest BCUT2D eigenvalue weighted by Gasteiger charge is -2.14. The molecule has 0 radical (unpaired) electrons. The first-order valence-electron chi connectivity index (χ1n) is 6.33. The third-order valence-corrected chi connectivity index (χ3v) is 2.92. The summed E-state index contributed by atoms with van der Waals surface area (Å²) in [5.74, 6) is 0. The molecule has 4 heteroatoms. The zero-order valence-corrected chi connectivity index (χ0v) is 11.6. The van der Waals surface area contributed by atoms with Gasteiger partial charge in [0.15, 0.2) is 0 Å². The van der Waals surface area contributed by atoms with Gasteiger partial charge < -0.3 is 14.6 Å². The Kier molecular flexibility index (Phi) is 5.90. The average Bonchev–Trinajstić information content (AvgIpc) is 2.80. The van der Waals surface area contributed by atoms with Crippen LogP contribution in [0.15, 0.2) is 18.5 Å². The second-order valence-corrected chi connectivity index (χ2v) is 5.17. The van der Waals surface area contributed by atoms with Crippen molar-refractivity contribution >= 4 is 0 Å². The van der Waals surface area contributed by atoms with Gasteiger partial charge in [0.25, 0.3) is 0 Å². The van der Waals surface area contributed by atoms with Gasteiger partial charge in [0.2, 0.25) is 0 Å². The first-order valence-corrected chi connectivity index (χ1v) is 6.33. The van der Waals surface area contributed by atoms with E-state index in [9.17, 15) is 0 Å². The predicted octanol–water partition coefficient (Wildman–Crippen LogP) is 2.16. The van der Waals surface area contributed by atoms with E-state index in [4.69, 9.17) is 10.00 Å². The summed E-state index contributed by atoms with van der Waals surface area (Å²) in [5, 5.41) is 12.3. The molecule has 0 atom stereocenters. The number of ether oxygens (including phenoxy) is 1. The summed E-state index contributed by atoms with van der Waals surface area (Å²) in [6.07, 6.45) is 5.07. The Labute approximate surface area is 110 Å². The van der Waals surface area contributed by atoms with Crippen LogP contribution in [-0.2, 0) is 17.8 Å². The SMILES string of the molecule is COCCNCc1ccn(CCC(C)(C)C#N)c1. The molecule has 0 spiro atoms. The highest BCUT2D eigenvalue weighted by Gasteiger charge is 2.15. The van der Waals surface area contributed by atoms with E-state index in [2.05, 4.69) is 34.4 Å². The molecule has 0 saturated heterocycles. The molecule has 0 unspecified atom stereocenters. The Morgan fingerprint density at radius 1 is 1.50 bits per heavy atom. The highest BCUT2D eigenvalue weighted by atomic mass is 16.5. The van der Waals surface area contributed by atoms with E-state index >= 15 is 0 Å². The van der Waals surface area contributed by atoms with Crippen molar-refractivity contribution < 1.29 is 4.74 Å². The second kappa shape index (κ2) is 7.20. The molecule has 1 N–H and O–H groups in total. The lowest BCUT2D eigenvalue weighted by molar-refractivity contribution is 0.199. The molecule has 1 aromatic rings. The fourth-order valence-electron chi connectivity index (χ4n) is 1.61. The number of nitriles is 1. The van der Waals surface area contributed by atoms with Gasteiger partial charge in [-0.2, -0.15) is 5.26 Å². The van der Waals surface area contributed by atoms with Gasteiger partial charge in [0.1, 0.15) is 0 Å². The fraction of sp³-hybridized carbons (Fsp3) is 0.643. The van der Waals surface area contributed by atoms with Crippen LogP contribution < -0.4 is 5.32 Å². The Morgan fingerprint density at radius 3 is 2.94 bits per heavy atom. The van der Waals surface area contributed by atoms with Crippen LogP contribution in [0.2, 0.25) is 0 Å². The maximum Gasteiger partial charge on any atom is 0.0684 e. The summed E-state index contributed by atoms with van der Waals surface area (Å²) in [6.45, 7) is 7.30. The van der Waals surface area contributed by atoms with Crippen LogP contribution in [0.1, 0.15) is 25.8 Å². The second-order valence-electron chi connectivity index (χ2n) is 5.17. The van der Waals surface area contributed by atoms with E-state index in [-0.39, 0.29) is 5.41 Å². The third kappa shape index (κ3) is 5.35. The van der Waals surface area contributed by atoms with Crippen LogP contribution in [0, 0.1) is 16.7 Å². The molecule has 1 rings (SSSR count). The highest BCUT2D eigenvalue weighted by molar-refractivity contribution is 5.10. The topological polar surface area (TPSA) is 50.0 Å². The molecule has 0 aliphatic rings. The summed E-state index contributed by atoms with van der Waals surface area (Å²) in [6, 6.07) is 4.44. The maximum atomic E-state index is 8.96. The number of nitrogens with zero attached hydrogens (tertiary/aromatic N) is 2. The van der Waals surface area contributed by atoms with E-state index in [0.717, 1.165) is 32.7 Å². The maximum absolute atomic E-state index is 8.96. The van der Waals surface area contributed by atoms with Gasteiger partial charge in [-0.05, 0) is 31.9 Å². The molecule has 0 aliphatic heterocycles.